The number of benzene rings is 1. The molecule has 1 aromatic carbocycles. The average Bonchev–Trinajstić information content (AvgIpc) is 2.63. The Kier molecular flexibility index (Phi) is 8.47. The number of hydrogen-bond acceptors (Lipinski definition) is 8. The summed E-state index contributed by atoms with van der Waals surface area (Å²) in [6.07, 6.45) is -0.685. The fraction of sp³-hybridized carbons (Fsp3) is 0.421. The fourth-order valence-corrected chi connectivity index (χ4v) is 2.64. The molecule has 0 saturated heterocycles. The third-order valence-electron chi connectivity index (χ3n) is 3.79. The summed E-state index contributed by atoms with van der Waals surface area (Å²) in [5.41, 5.74) is 0.316. The standard InChI is InChI=1S/C19H20N2O6/c1-3-26-16(24)9-15(23)18(19(25)27-4-2)17(13(10-20)11-21)12-5-7-14(22)8-6-12/h5-8,13,17-18,22H,3-4,9H2,1-2H3. The van der Waals surface area contributed by atoms with Gasteiger partial charge < -0.3 is 14.6 Å². The van der Waals surface area contributed by atoms with E-state index in [1.807, 2.05) is 0 Å². The lowest BCUT2D eigenvalue weighted by Gasteiger charge is -2.25. The van der Waals surface area contributed by atoms with Crippen LogP contribution in [0.5, 0.6) is 5.75 Å². The van der Waals surface area contributed by atoms with Crippen molar-refractivity contribution in [1.82, 2.24) is 0 Å². The van der Waals surface area contributed by atoms with E-state index >= 15 is 0 Å². The van der Waals surface area contributed by atoms with Crippen molar-refractivity contribution >= 4 is 17.7 Å². The molecule has 142 valence electrons. The molecule has 0 fully saturated rings. The maximum absolute atomic E-state index is 12.7. The van der Waals surface area contributed by atoms with Crippen LogP contribution in [0, 0.1) is 34.5 Å². The van der Waals surface area contributed by atoms with E-state index in [0.717, 1.165) is 0 Å². The molecule has 0 aliphatic heterocycles. The Morgan fingerprint density at radius 1 is 1.04 bits per heavy atom. The zero-order chi connectivity index (χ0) is 20.4. The number of carbonyl (C=O) groups is 3. The zero-order valence-corrected chi connectivity index (χ0v) is 15.0. The predicted molar refractivity (Wildman–Crippen MR) is 91.9 cm³/mol. The van der Waals surface area contributed by atoms with E-state index in [1.165, 1.54) is 24.3 Å². The average molecular weight is 372 g/mol. The molecule has 27 heavy (non-hydrogen) atoms. The summed E-state index contributed by atoms with van der Waals surface area (Å²) in [6.45, 7) is 3.17. The lowest BCUT2D eigenvalue weighted by Crippen LogP contribution is -2.36. The molecule has 2 unspecified atom stereocenters. The maximum Gasteiger partial charge on any atom is 0.317 e. The third-order valence-corrected chi connectivity index (χ3v) is 3.79. The van der Waals surface area contributed by atoms with Crippen LogP contribution in [0.3, 0.4) is 0 Å². The highest BCUT2D eigenvalue weighted by atomic mass is 16.5. The highest BCUT2D eigenvalue weighted by molar-refractivity contribution is 6.07. The zero-order valence-electron chi connectivity index (χ0n) is 15.0. The minimum atomic E-state index is -1.54. The van der Waals surface area contributed by atoms with Gasteiger partial charge in [-0.05, 0) is 31.5 Å². The van der Waals surface area contributed by atoms with Gasteiger partial charge in [0.15, 0.2) is 5.78 Å². The van der Waals surface area contributed by atoms with E-state index in [-0.39, 0.29) is 19.0 Å². The van der Waals surface area contributed by atoms with Gasteiger partial charge >= 0.3 is 11.9 Å². The van der Waals surface area contributed by atoms with Gasteiger partial charge in [0.05, 0.1) is 25.4 Å². The van der Waals surface area contributed by atoms with Gasteiger partial charge in [0.25, 0.3) is 0 Å². The molecule has 1 rings (SSSR count). The first-order valence-electron chi connectivity index (χ1n) is 8.32. The number of ketones is 1. The van der Waals surface area contributed by atoms with E-state index in [9.17, 15) is 30.0 Å². The molecule has 0 heterocycles. The molecule has 1 aromatic rings. The number of phenols is 1. The summed E-state index contributed by atoms with van der Waals surface area (Å²) in [6, 6.07) is 8.99. The van der Waals surface area contributed by atoms with Crippen molar-refractivity contribution in [3.63, 3.8) is 0 Å². The summed E-state index contributed by atoms with van der Waals surface area (Å²) < 4.78 is 9.69. The molecule has 0 aliphatic rings. The van der Waals surface area contributed by atoms with Gasteiger partial charge in [-0.1, -0.05) is 12.1 Å². The van der Waals surface area contributed by atoms with Crippen molar-refractivity contribution in [3.8, 4) is 17.9 Å². The number of ether oxygens (including phenoxy) is 2. The number of esters is 2. The number of hydrogen-bond donors (Lipinski definition) is 1. The molecule has 0 aliphatic carbocycles. The van der Waals surface area contributed by atoms with Gasteiger partial charge in [-0.3, -0.25) is 14.4 Å². The highest BCUT2D eigenvalue weighted by Crippen LogP contribution is 2.35. The molecule has 8 nitrogen and oxygen atoms in total. The second kappa shape index (κ2) is 10.6. The minimum Gasteiger partial charge on any atom is -0.508 e. The number of nitriles is 2. The monoisotopic (exact) mass is 372 g/mol. The predicted octanol–water partition coefficient (Wildman–Crippen LogP) is 1.84. The van der Waals surface area contributed by atoms with Gasteiger partial charge in [-0.25, -0.2) is 0 Å². The number of carbonyl (C=O) groups excluding carboxylic acids is 3. The Morgan fingerprint density at radius 3 is 2.07 bits per heavy atom. The molecule has 0 spiro atoms. The lowest BCUT2D eigenvalue weighted by atomic mass is 9.75. The first-order chi connectivity index (χ1) is 12.9. The van der Waals surface area contributed by atoms with Crippen LogP contribution in [-0.4, -0.2) is 36.0 Å². The molecular formula is C19H20N2O6. The first kappa shape index (κ1) is 21.7. The van der Waals surface area contributed by atoms with Crippen molar-refractivity contribution in [2.24, 2.45) is 11.8 Å². The third kappa shape index (κ3) is 5.82. The van der Waals surface area contributed by atoms with E-state index < -0.39 is 41.9 Å². The van der Waals surface area contributed by atoms with E-state index in [4.69, 9.17) is 9.47 Å². The quantitative estimate of drug-likeness (QED) is 0.512. The molecule has 0 bridgehead atoms. The Balaban J connectivity index is 3.40. The Bertz CT molecular complexity index is 746. The van der Waals surface area contributed by atoms with Crippen LogP contribution in [0.15, 0.2) is 24.3 Å². The van der Waals surface area contributed by atoms with E-state index in [1.54, 1.807) is 26.0 Å². The van der Waals surface area contributed by atoms with Crippen molar-refractivity contribution in [1.29, 1.82) is 10.5 Å². The summed E-state index contributed by atoms with van der Waals surface area (Å²) in [4.78, 5) is 36.9. The first-order valence-corrected chi connectivity index (χ1v) is 8.32. The van der Waals surface area contributed by atoms with Gasteiger partial charge in [-0.2, -0.15) is 10.5 Å². The number of rotatable bonds is 9. The Labute approximate surface area is 156 Å². The molecule has 2 atom stereocenters. The Morgan fingerprint density at radius 2 is 1.59 bits per heavy atom. The van der Waals surface area contributed by atoms with Crippen LogP contribution >= 0.6 is 0 Å². The number of Topliss-reactive ketones (excluding diaryl/α,β-unsaturated/α-hetero) is 1. The van der Waals surface area contributed by atoms with Gasteiger partial charge in [0.1, 0.15) is 24.0 Å². The van der Waals surface area contributed by atoms with Crippen LogP contribution in [0.25, 0.3) is 0 Å². The molecule has 1 N–H and O–H groups in total. The van der Waals surface area contributed by atoms with Gasteiger partial charge in [-0.15, -0.1) is 0 Å². The summed E-state index contributed by atoms with van der Waals surface area (Å²) in [7, 11) is 0. The number of phenolic OH excluding ortho intramolecular Hbond substituents is 1. The molecule has 8 heteroatoms. The van der Waals surface area contributed by atoms with Crippen molar-refractivity contribution in [3.05, 3.63) is 29.8 Å². The van der Waals surface area contributed by atoms with Gasteiger partial charge in [0, 0.05) is 5.92 Å². The number of aromatic hydroxyl groups is 1. The van der Waals surface area contributed by atoms with Crippen molar-refractivity contribution in [2.45, 2.75) is 26.2 Å². The summed E-state index contributed by atoms with van der Waals surface area (Å²) >= 11 is 0. The van der Waals surface area contributed by atoms with Crippen LogP contribution < -0.4 is 0 Å². The highest BCUT2D eigenvalue weighted by Gasteiger charge is 2.42. The molecule has 0 saturated carbocycles. The molecular weight excluding hydrogens is 352 g/mol. The van der Waals surface area contributed by atoms with Crippen LogP contribution in [-0.2, 0) is 23.9 Å². The number of nitrogens with zero attached hydrogens (tertiary/aromatic N) is 2. The molecule has 0 radical (unpaired) electrons. The largest absolute Gasteiger partial charge is 0.508 e. The van der Waals surface area contributed by atoms with Gasteiger partial charge in [0.2, 0.25) is 0 Å². The van der Waals surface area contributed by atoms with E-state index in [2.05, 4.69) is 0 Å². The normalized spacial score (nSPS) is 12.3. The van der Waals surface area contributed by atoms with E-state index in [0.29, 0.717) is 5.56 Å². The smallest absolute Gasteiger partial charge is 0.317 e. The second-order valence-electron chi connectivity index (χ2n) is 5.53. The molecule has 0 amide bonds. The van der Waals surface area contributed by atoms with Crippen LogP contribution in [0.2, 0.25) is 0 Å². The summed E-state index contributed by atoms with van der Waals surface area (Å²) in [5.74, 6) is -6.67. The summed E-state index contributed by atoms with van der Waals surface area (Å²) in [5, 5.41) is 28.1. The topological polar surface area (TPSA) is 137 Å². The Hall–Kier alpha value is -3.39. The fourth-order valence-electron chi connectivity index (χ4n) is 2.64. The van der Waals surface area contributed by atoms with Crippen LogP contribution in [0.4, 0.5) is 0 Å². The van der Waals surface area contributed by atoms with Crippen molar-refractivity contribution < 1.29 is 29.0 Å². The molecule has 0 aromatic heterocycles. The second-order valence-corrected chi connectivity index (χ2v) is 5.53. The van der Waals surface area contributed by atoms with Crippen LogP contribution in [0.1, 0.15) is 31.7 Å². The van der Waals surface area contributed by atoms with Crippen molar-refractivity contribution in [2.75, 3.05) is 13.2 Å². The minimum absolute atomic E-state index is 0.0198. The lowest BCUT2D eigenvalue weighted by molar-refractivity contribution is -0.154. The maximum atomic E-state index is 12.7. The SMILES string of the molecule is CCOC(=O)CC(=O)C(C(=O)OCC)C(c1ccc(O)cc1)C(C#N)C#N.